The molecule has 27 heavy (non-hydrogen) atoms. The van der Waals surface area contributed by atoms with Crippen LogP contribution >= 0.6 is 46.9 Å². The van der Waals surface area contributed by atoms with Gasteiger partial charge in [0.2, 0.25) is 0 Å². The Morgan fingerprint density at radius 1 is 1.19 bits per heavy atom. The van der Waals surface area contributed by atoms with Crippen LogP contribution in [0.25, 0.3) is 0 Å². The fraction of sp³-hybridized carbons (Fsp3) is 0.474. The van der Waals surface area contributed by atoms with Gasteiger partial charge in [0.1, 0.15) is 0 Å². The van der Waals surface area contributed by atoms with E-state index >= 15 is 0 Å². The van der Waals surface area contributed by atoms with Gasteiger partial charge in [0, 0.05) is 50.1 Å². The highest BCUT2D eigenvalue weighted by molar-refractivity contribution is 14.0. The number of guanidine groups is 1. The van der Waals surface area contributed by atoms with Gasteiger partial charge in [-0.2, -0.15) is 0 Å². The molecule has 0 radical (unpaired) electrons. The summed E-state index contributed by atoms with van der Waals surface area (Å²) in [7, 11) is 1.79. The number of anilines is 1. The Kier molecular flexibility index (Phi) is 9.64. The lowest BCUT2D eigenvalue weighted by atomic mass is 10.1. The summed E-state index contributed by atoms with van der Waals surface area (Å²) in [5.74, 6) is 0.812. The van der Waals surface area contributed by atoms with Crippen LogP contribution in [0.5, 0.6) is 0 Å². The summed E-state index contributed by atoms with van der Waals surface area (Å²) in [6, 6.07) is 7.94. The molecule has 1 aliphatic heterocycles. The largest absolute Gasteiger partial charge is 0.356 e. The third kappa shape index (κ3) is 6.80. The van der Waals surface area contributed by atoms with Crippen LogP contribution in [-0.2, 0) is 12.8 Å². The van der Waals surface area contributed by atoms with Crippen molar-refractivity contribution >= 4 is 58.0 Å². The molecule has 0 saturated carbocycles. The third-order valence-electron chi connectivity index (χ3n) is 4.46. The molecule has 1 aromatic carbocycles. The molecule has 0 amide bonds. The molecular weight excluding hydrogens is 493 g/mol. The molecule has 1 aromatic heterocycles. The van der Waals surface area contributed by atoms with Crippen LogP contribution in [0, 0.1) is 0 Å². The van der Waals surface area contributed by atoms with Gasteiger partial charge in [-0.3, -0.25) is 4.99 Å². The number of rotatable bonds is 7. The number of hydrogen-bond acceptors (Lipinski definition) is 4. The molecule has 8 heteroatoms. The number of nitrogens with zero attached hydrogens (tertiary/aromatic N) is 3. The minimum Gasteiger partial charge on any atom is -0.356 e. The fourth-order valence-corrected chi connectivity index (χ4v) is 4.15. The van der Waals surface area contributed by atoms with Crippen molar-refractivity contribution in [2.75, 3.05) is 38.1 Å². The van der Waals surface area contributed by atoms with Crippen molar-refractivity contribution in [1.82, 2.24) is 15.6 Å². The minimum absolute atomic E-state index is 0. The SMILES string of the molecule is CN=C(NCCc1csc(N2CCCC2)n1)NCCc1ccccc1Cl.I. The van der Waals surface area contributed by atoms with E-state index in [1.807, 2.05) is 18.2 Å². The van der Waals surface area contributed by atoms with Gasteiger partial charge in [0.25, 0.3) is 0 Å². The smallest absolute Gasteiger partial charge is 0.190 e. The average molecular weight is 520 g/mol. The molecule has 0 atom stereocenters. The number of aliphatic imine (C=N–C) groups is 1. The van der Waals surface area contributed by atoms with E-state index in [2.05, 4.69) is 32.0 Å². The van der Waals surface area contributed by atoms with Crippen LogP contribution in [0.1, 0.15) is 24.1 Å². The van der Waals surface area contributed by atoms with Crippen LogP contribution in [0.15, 0.2) is 34.6 Å². The van der Waals surface area contributed by atoms with Gasteiger partial charge in [-0.15, -0.1) is 35.3 Å². The molecule has 1 aliphatic rings. The summed E-state index contributed by atoms with van der Waals surface area (Å²) in [4.78, 5) is 11.4. The Bertz CT molecular complexity index is 730. The van der Waals surface area contributed by atoms with Gasteiger partial charge in [0.05, 0.1) is 5.69 Å². The Morgan fingerprint density at radius 3 is 2.59 bits per heavy atom. The van der Waals surface area contributed by atoms with Gasteiger partial charge < -0.3 is 15.5 Å². The highest BCUT2D eigenvalue weighted by Gasteiger charge is 2.15. The molecule has 1 saturated heterocycles. The van der Waals surface area contributed by atoms with Crippen LogP contribution < -0.4 is 15.5 Å². The predicted octanol–water partition coefficient (Wildman–Crippen LogP) is 3.96. The van der Waals surface area contributed by atoms with Crippen molar-refractivity contribution in [2.24, 2.45) is 4.99 Å². The van der Waals surface area contributed by atoms with Crippen LogP contribution in [0.4, 0.5) is 5.13 Å². The van der Waals surface area contributed by atoms with Crippen LogP contribution in [0.3, 0.4) is 0 Å². The fourth-order valence-electron chi connectivity index (χ4n) is 3.01. The summed E-state index contributed by atoms with van der Waals surface area (Å²) in [6.45, 7) is 3.90. The zero-order chi connectivity index (χ0) is 18.2. The second kappa shape index (κ2) is 11.7. The second-order valence-corrected chi connectivity index (χ2v) is 7.58. The lowest BCUT2D eigenvalue weighted by molar-refractivity contribution is 0.777. The number of halogens is 2. The van der Waals surface area contributed by atoms with E-state index < -0.39 is 0 Å². The molecule has 2 N–H and O–H groups in total. The molecular formula is C19H27ClIN5S. The summed E-state index contributed by atoms with van der Waals surface area (Å²) in [5.41, 5.74) is 2.30. The quantitative estimate of drug-likeness (QED) is 0.330. The zero-order valence-corrected chi connectivity index (χ0v) is 19.5. The maximum absolute atomic E-state index is 6.19. The van der Waals surface area contributed by atoms with E-state index in [4.69, 9.17) is 16.6 Å². The summed E-state index contributed by atoms with van der Waals surface area (Å²) >= 11 is 7.94. The number of thiazole rings is 1. The average Bonchev–Trinajstić information content (AvgIpc) is 3.33. The first-order valence-electron chi connectivity index (χ1n) is 9.13. The van der Waals surface area contributed by atoms with Gasteiger partial charge in [-0.05, 0) is 30.9 Å². The van der Waals surface area contributed by atoms with Crippen molar-refractivity contribution in [3.63, 3.8) is 0 Å². The van der Waals surface area contributed by atoms with E-state index in [9.17, 15) is 0 Å². The molecule has 3 rings (SSSR count). The molecule has 5 nitrogen and oxygen atoms in total. The number of hydrogen-bond donors (Lipinski definition) is 2. The van der Waals surface area contributed by atoms with Gasteiger partial charge in [-0.25, -0.2) is 4.98 Å². The maximum Gasteiger partial charge on any atom is 0.190 e. The van der Waals surface area contributed by atoms with E-state index in [0.29, 0.717) is 0 Å². The number of aromatic nitrogens is 1. The van der Waals surface area contributed by atoms with E-state index in [0.717, 1.165) is 61.3 Å². The van der Waals surface area contributed by atoms with Crippen LogP contribution in [0.2, 0.25) is 5.02 Å². The lowest BCUT2D eigenvalue weighted by Crippen LogP contribution is -2.39. The van der Waals surface area contributed by atoms with Crippen molar-refractivity contribution in [3.05, 3.63) is 45.9 Å². The topological polar surface area (TPSA) is 52.6 Å². The second-order valence-electron chi connectivity index (χ2n) is 6.33. The molecule has 1 fully saturated rings. The summed E-state index contributed by atoms with van der Waals surface area (Å²) < 4.78 is 0. The molecule has 0 unspecified atom stereocenters. The molecule has 2 aromatic rings. The van der Waals surface area contributed by atoms with Gasteiger partial charge in [-0.1, -0.05) is 29.8 Å². The Labute approximate surface area is 187 Å². The predicted molar refractivity (Wildman–Crippen MR) is 127 cm³/mol. The van der Waals surface area contributed by atoms with Gasteiger partial charge >= 0.3 is 0 Å². The van der Waals surface area contributed by atoms with E-state index in [-0.39, 0.29) is 24.0 Å². The first-order chi connectivity index (χ1) is 12.8. The molecule has 2 heterocycles. The minimum atomic E-state index is 0. The highest BCUT2D eigenvalue weighted by atomic mass is 127. The number of nitrogens with one attached hydrogen (secondary N) is 2. The van der Waals surface area contributed by atoms with Crippen molar-refractivity contribution in [2.45, 2.75) is 25.7 Å². The Hall–Kier alpha value is -1.06. The summed E-state index contributed by atoms with van der Waals surface area (Å²) in [5, 5.41) is 10.8. The Morgan fingerprint density at radius 2 is 1.89 bits per heavy atom. The summed E-state index contributed by atoms with van der Waals surface area (Å²) in [6.07, 6.45) is 4.33. The van der Waals surface area contributed by atoms with Crippen molar-refractivity contribution in [3.8, 4) is 0 Å². The number of benzene rings is 1. The normalized spacial score (nSPS) is 14.1. The lowest BCUT2D eigenvalue weighted by Gasteiger charge is -2.13. The first kappa shape index (κ1) is 22.2. The van der Waals surface area contributed by atoms with Crippen LogP contribution in [-0.4, -0.2) is 44.2 Å². The molecule has 0 spiro atoms. The standard InChI is InChI=1S/C19H26ClN5S.HI/c1-21-18(22-10-8-15-6-2-3-7-17(15)20)23-11-9-16-14-26-19(24-16)25-12-4-5-13-25;/h2-3,6-7,14H,4-5,8-13H2,1H3,(H2,21,22,23);1H. The van der Waals surface area contributed by atoms with E-state index in [1.165, 1.54) is 18.0 Å². The first-order valence-corrected chi connectivity index (χ1v) is 10.4. The van der Waals surface area contributed by atoms with E-state index in [1.54, 1.807) is 18.4 Å². The zero-order valence-electron chi connectivity index (χ0n) is 15.6. The maximum atomic E-state index is 6.19. The monoisotopic (exact) mass is 519 g/mol. The molecule has 0 bridgehead atoms. The van der Waals surface area contributed by atoms with Gasteiger partial charge in [0.15, 0.2) is 11.1 Å². The van der Waals surface area contributed by atoms with Crippen molar-refractivity contribution in [1.29, 1.82) is 0 Å². The molecule has 0 aliphatic carbocycles. The molecule has 148 valence electrons. The Balaban J connectivity index is 0.00000261. The highest BCUT2D eigenvalue weighted by Crippen LogP contribution is 2.24. The van der Waals surface area contributed by atoms with Crippen molar-refractivity contribution < 1.29 is 0 Å². The third-order valence-corrected chi connectivity index (χ3v) is 5.78.